The first-order chi connectivity index (χ1) is 3.33. The average molecular weight is 107 g/mol. The van der Waals surface area contributed by atoms with Crippen LogP contribution in [0.15, 0.2) is 5.34 Å². The van der Waals surface area contributed by atoms with Gasteiger partial charge in [-0.1, -0.05) is 6.92 Å². The molecule has 7 heavy (non-hydrogen) atoms. The van der Waals surface area contributed by atoms with Crippen LogP contribution in [0.2, 0.25) is 0 Å². The lowest BCUT2D eigenvalue weighted by molar-refractivity contribution is 0.295. The summed E-state index contributed by atoms with van der Waals surface area (Å²) in [6, 6.07) is 0. The van der Waals surface area contributed by atoms with Gasteiger partial charge in [-0.05, 0) is 6.42 Å². The minimum absolute atomic E-state index is 0.319. The van der Waals surface area contributed by atoms with Crippen molar-refractivity contribution in [1.82, 2.24) is 0 Å². The first-order valence-electron chi connectivity index (χ1n) is 1.91. The van der Waals surface area contributed by atoms with Gasteiger partial charge in [0.05, 0.1) is 0 Å². The SMILES string of the molecule is CCCO.O=NO. The smallest absolute Gasteiger partial charge is 0.152 e. The second kappa shape index (κ2) is 18.3. The van der Waals surface area contributed by atoms with Crippen molar-refractivity contribution in [3.05, 3.63) is 4.91 Å². The summed E-state index contributed by atoms with van der Waals surface area (Å²) in [6.45, 7) is 2.25. The number of aliphatic hydroxyl groups excluding tert-OH is 1. The zero-order valence-corrected chi connectivity index (χ0v) is 4.16. The van der Waals surface area contributed by atoms with E-state index in [9.17, 15) is 0 Å². The predicted molar refractivity (Wildman–Crippen MR) is 25.0 cm³/mol. The normalized spacial score (nSPS) is 6.00. The molecule has 4 nitrogen and oxygen atoms in total. The molecule has 0 atom stereocenters. The summed E-state index contributed by atoms with van der Waals surface area (Å²) in [6.07, 6.45) is 0.875. The minimum Gasteiger partial charge on any atom is -0.396 e. The van der Waals surface area contributed by atoms with Crippen LogP contribution in [0, 0.1) is 4.91 Å². The molecule has 0 saturated heterocycles. The highest BCUT2D eigenvalue weighted by Crippen LogP contribution is 1.61. The largest absolute Gasteiger partial charge is 0.396 e. The van der Waals surface area contributed by atoms with Crippen LogP contribution in [0.25, 0.3) is 0 Å². The van der Waals surface area contributed by atoms with Gasteiger partial charge in [-0.3, -0.25) is 0 Å². The highest BCUT2D eigenvalue weighted by atomic mass is 16.6. The summed E-state index contributed by atoms with van der Waals surface area (Å²) in [5.74, 6) is 0. The van der Waals surface area contributed by atoms with Crippen LogP contribution in [-0.4, -0.2) is 16.9 Å². The summed E-state index contributed by atoms with van der Waals surface area (Å²) in [4.78, 5) is 8.11. The Hall–Kier alpha value is -0.640. The molecule has 0 unspecified atom stereocenters. The van der Waals surface area contributed by atoms with Crippen LogP contribution in [0.4, 0.5) is 0 Å². The molecule has 0 spiro atoms. The van der Waals surface area contributed by atoms with Gasteiger partial charge >= 0.3 is 0 Å². The Bertz CT molecular complexity index is 29.4. The van der Waals surface area contributed by atoms with E-state index in [0.29, 0.717) is 6.61 Å². The molecule has 44 valence electrons. The molecule has 0 saturated carbocycles. The van der Waals surface area contributed by atoms with Crippen molar-refractivity contribution in [2.24, 2.45) is 5.34 Å². The van der Waals surface area contributed by atoms with Gasteiger partial charge in [0, 0.05) is 6.61 Å². The molecule has 0 aliphatic carbocycles. The van der Waals surface area contributed by atoms with Gasteiger partial charge < -0.3 is 10.3 Å². The van der Waals surface area contributed by atoms with E-state index in [0.717, 1.165) is 6.42 Å². The quantitative estimate of drug-likeness (QED) is 0.379. The highest BCUT2D eigenvalue weighted by molar-refractivity contribution is 4.10. The summed E-state index contributed by atoms with van der Waals surface area (Å²) >= 11 is 0. The van der Waals surface area contributed by atoms with E-state index < -0.39 is 0 Å². The van der Waals surface area contributed by atoms with Crippen LogP contribution >= 0.6 is 0 Å². The van der Waals surface area contributed by atoms with Crippen molar-refractivity contribution in [3.63, 3.8) is 0 Å². The molecular formula is C3H9NO3. The summed E-state index contributed by atoms with van der Waals surface area (Å²) in [7, 11) is 0. The van der Waals surface area contributed by atoms with Gasteiger partial charge in [0.25, 0.3) is 0 Å². The lowest BCUT2D eigenvalue weighted by Gasteiger charge is -1.69. The molecule has 0 bridgehead atoms. The fourth-order valence-electron chi connectivity index (χ4n) is 0. The van der Waals surface area contributed by atoms with E-state index in [1.165, 1.54) is 5.34 Å². The van der Waals surface area contributed by atoms with Crippen LogP contribution < -0.4 is 0 Å². The molecule has 0 radical (unpaired) electrons. The number of rotatable bonds is 1. The zero-order valence-electron chi connectivity index (χ0n) is 4.16. The Labute approximate surface area is 41.7 Å². The van der Waals surface area contributed by atoms with Gasteiger partial charge in [-0.15, -0.1) is 4.91 Å². The molecule has 4 heteroatoms. The Kier molecular flexibility index (Phi) is 25.1. The molecule has 0 fully saturated rings. The van der Waals surface area contributed by atoms with E-state index in [4.69, 9.17) is 15.2 Å². The fraction of sp³-hybridized carbons (Fsp3) is 1.00. The van der Waals surface area contributed by atoms with Crippen molar-refractivity contribution in [2.75, 3.05) is 6.61 Å². The van der Waals surface area contributed by atoms with Crippen LogP contribution in [0.1, 0.15) is 13.3 Å². The van der Waals surface area contributed by atoms with Crippen molar-refractivity contribution >= 4 is 0 Å². The highest BCUT2D eigenvalue weighted by Gasteiger charge is 1.57. The molecule has 0 aromatic carbocycles. The van der Waals surface area contributed by atoms with Gasteiger partial charge in [0.2, 0.25) is 0 Å². The molecule has 0 amide bonds. The van der Waals surface area contributed by atoms with E-state index in [1.54, 1.807) is 0 Å². The van der Waals surface area contributed by atoms with Gasteiger partial charge in [0.15, 0.2) is 5.34 Å². The third-order valence-corrected chi connectivity index (χ3v) is 0.224. The molecule has 0 rings (SSSR count). The van der Waals surface area contributed by atoms with Gasteiger partial charge in [0.1, 0.15) is 0 Å². The number of aliphatic hydroxyl groups is 1. The molecule has 0 aromatic heterocycles. The molecule has 2 N–H and O–H groups in total. The first kappa shape index (κ1) is 9.61. The zero-order chi connectivity index (χ0) is 6.12. The maximum absolute atomic E-state index is 8.11. The Morgan fingerprint density at radius 2 is 1.86 bits per heavy atom. The van der Waals surface area contributed by atoms with E-state index >= 15 is 0 Å². The molecule has 0 aliphatic rings. The lowest BCUT2D eigenvalue weighted by atomic mass is 10.5. The third-order valence-electron chi connectivity index (χ3n) is 0.224. The minimum atomic E-state index is 0.319. The summed E-state index contributed by atoms with van der Waals surface area (Å²) in [5.41, 5.74) is 0. The first-order valence-corrected chi connectivity index (χ1v) is 1.91. The van der Waals surface area contributed by atoms with Gasteiger partial charge in [-0.2, -0.15) is 0 Å². The van der Waals surface area contributed by atoms with Crippen molar-refractivity contribution in [2.45, 2.75) is 13.3 Å². The number of hydrogen-bond donors (Lipinski definition) is 2. The van der Waals surface area contributed by atoms with Crippen LogP contribution in [0.5, 0.6) is 0 Å². The summed E-state index contributed by atoms with van der Waals surface area (Å²) < 4.78 is 0. The standard InChI is InChI=1S/C3H8O.HNO2/c1-2-3-4;2-1-3/h4H,2-3H2,1H3;(H,2,3). The number of nitrogens with zero attached hydrogens (tertiary/aromatic N) is 1. The monoisotopic (exact) mass is 107 g/mol. The van der Waals surface area contributed by atoms with Crippen molar-refractivity contribution in [3.8, 4) is 0 Å². The maximum atomic E-state index is 8.11. The Morgan fingerprint density at radius 3 is 1.86 bits per heavy atom. The third kappa shape index (κ3) is 467. The summed E-state index contributed by atoms with van der Waals surface area (Å²) in [5, 5.41) is 15.8. The second-order valence-electron chi connectivity index (χ2n) is 0.805. The van der Waals surface area contributed by atoms with Crippen molar-refractivity contribution < 1.29 is 10.3 Å². The van der Waals surface area contributed by atoms with E-state index in [2.05, 4.69) is 0 Å². The topological polar surface area (TPSA) is 69.9 Å². The second-order valence-corrected chi connectivity index (χ2v) is 0.805. The van der Waals surface area contributed by atoms with Crippen molar-refractivity contribution in [1.29, 1.82) is 0 Å². The Morgan fingerprint density at radius 1 is 1.71 bits per heavy atom. The average Bonchev–Trinajstić information content (AvgIpc) is 1.69. The molecule has 0 aliphatic heterocycles. The van der Waals surface area contributed by atoms with Gasteiger partial charge in [-0.25, -0.2) is 0 Å². The van der Waals surface area contributed by atoms with E-state index in [-0.39, 0.29) is 0 Å². The number of hydrogen-bond acceptors (Lipinski definition) is 3. The molecular weight excluding hydrogens is 98.0 g/mol. The molecule has 0 heterocycles. The predicted octanol–water partition coefficient (Wildman–Crippen LogP) is 0.531. The maximum Gasteiger partial charge on any atom is 0.152 e. The Balaban J connectivity index is 0. The lowest BCUT2D eigenvalue weighted by Crippen LogP contribution is -1.69. The van der Waals surface area contributed by atoms with E-state index in [1.807, 2.05) is 6.92 Å². The molecule has 0 aromatic rings. The fourth-order valence-corrected chi connectivity index (χ4v) is 0. The van der Waals surface area contributed by atoms with Crippen LogP contribution in [0.3, 0.4) is 0 Å². The van der Waals surface area contributed by atoms with Crippen LogP contribution in [-0.2, 0) is 0 Å².